The number of rotatable bonds is 5. The topological polar surface area (TPSA) is 29.1 Å². The highest BCUT2D eigenvalue weighted by atomic mass is 35.5. The van der Waals surface area contributed by atoms with E-state index in [2.05, 4.69) is 5.32 Å². The second kappa shape index (κ2) is 7.53. The van der Waals surface area contributed by atoms with E-state index in [1.54, 1.807) is 12.1 Å². The van der Waals surface area contributed by atoms with Crippen molar-refractivity contribution in [3.63, 3.8) is 0 Å². The Hall–Kier alpha value is -0.450. The summed E-state index contributed by atoms with van der Waals surface area (Å²) in [5.41, 5.74) is 0.573. The third-order valence-electron chi connectivity index (χ3n) is 3.89. The third kappa shape index (κ3) is 4.03. The zero-order chi connectivity index (χ0) is 14.5. The fourth-order valence-corrected chi connectivity index (χ4v) is 4.43. The van der Waals surface area contributed by atoms with Gasteiger partial charge in [0.05, 0.1) is 5.25 Å². The van der Waals surface area contributed by atoms with Crippen LogP contribution in [0.25, 0.3) is 0 Å². The molecule has 3 atom stereocenters. The van der Waals surface area contributed by atoms with Crippen LogP contribution >= 0.6 is 11.6 Å². The molecule has 0 aromatic heterocycles. The molecule has 0 aliphatic heterocycles. The van der Waals surface area contributed by atoms with Crippen molar-refractivity contribution < 1.29 is 8.60 Å². The van der Waals surface area contributed by atoms with Gasteiger partial charge in [-0.2, -0.15) is 0 Å². The van der Waals surface area contributed by atoms with Gasteiger partial charge in [-0.25, -0.2) is 4.39 Å². The Morgan fingerprint density at radius 3 is 2.90 bits per heavy atom. The number of nitrogens with one attached hydrogen (secondary N) is 1. The van der Waals surface area contributed by atoms with Crippen LogP contribution in [0.4, 0.5) is 4.39 Å². The summed E-state index contributed by atoms with van der Waals surface area (Å²) >= 11 is 5.90. The zero-order valence-corrected chi connectivity index (χ0v) is 13.3. The molecule has 1 aromatic carbocycles. The molecular formula is C15H21ClFNOS. The summed E-state index contributed by atoms with van der Waals surface area (Å²) in [7, 11) is -0.793. The molecule has 0 radical (unpaired) electrons. The fourth-order valence-electron chi connectivity index (χ4n) is 2.78. The van der Waals surface area contributed by atoms with Gasteiger partial charge in [0.15, 0.2) is 0 Å². The Balaban J connectivity index is 2.00. The molecule has 0 unspecified atom stereocenters. The smallest absolute Gasteiger partial charge is 0.127 e. The number of halogens is 2. The fraction of sp³-hybridized carbons (Fsp3) is 0.600. The summed E-state index contributed by atoms with van der Waals surface area (Å²) in [6, 6.07) is 4.80. The van der Waals surface area contributed by atoms with Crippen LogP contribution in [-0.2, 0) is 17.3 Å². The molecule has 2 nitrogen and oxygen atoms in total. The van der Waals surface area contributed by atoms with E-state index in [1.807, 2.05) is 6.92 Å². The molecule has 0 saturated heterocycles. The molecule has 112 valence electrons. The van der Waals surface area contributed by atoms with Crippen LogP contribution in [0, 0.1) is 5.82 Å². The molecule has 0 amide bonds. The maximum absolute atomic E-state index is 13.7. The van der Waals surface area contributed by atoms with Gasteiger partial charge in [0.25, 0.3) is 0 Å². The largest absolute Gasteiger partial charge is 0.309 e. The molecule has 1 fully saturated rings. The average molecular weight is 318 g/mol. The first-order valence-electron chi connectivity index (χ1n) is 7.16. The Morgan fingerprint density at radius 1 is 1.40 bits per heavy atom. The summed E-state index contributed by atoms with van der Waals surface area (Å²) in [5.74, 6) is 0.444. The van der Waals surface area contributed by atoms with Gasteiger partial charge < -0.3 is 5.32 Å². The van der Waals surface area contributed by atoms with E-state index < -0.39 is 10.8 Å². The van der Waals surface area contributed by atoms with E-state index in [0.717, 1.165) is 25.7 Å². The van der Waals surface area contributed by atoms with Crippen LogP contribution < -0.4 is 5.32 Å². The first-order valence-corrected chi connectivity index (χ1v) is 8.92. The molecule has 1 aromatic rings. The number of hydrogen-bond donors (Lipinski definition) is 1. The van der Waals surface area contributed by atoms with Crippen molar-refractivity contribution in [1.29, 1.82) is 0 Å². The Morgan fingerprint density at radius 2 is 2.15 bits per heavy atom. The molecule has 1 aliphatic carbocycles. The van der Waals surface area contributed by atoms with Crippen LogP contribution in [0.2, 0.25) is 5.02 Å². The lowest BCUT2D eigenvalue weighted by atomic mass is 9.94. The van der Waals surface area contributed by atoms with Crippen LogP contribution in [-0.4, -0.2) is 21.3 Å². The van der Waals surface area contributed by atoms with Crippen LogP contribution in [0.15, 0.2) is 18.2 Å². The van der Waals surface area contributed by atoms with Crippen molar-refractivity contribution in [2.45, 2.75) is 50.4 Å². The van der Waals surface area contributed by atoms with Gasteiger partial charge in [0.1, 0.15) is 5.82 Å². The third-order valence-corrected chi connectivity index (χ3v) is 5.93. The minimum Gasteiger partial charge on any atom is -0.309 e. The van der Waals surface area contributed by atoms with E-state index in [0.29, 0.717) is 22.9 Å². The average Bonchev–Trinajstić information content (AvgIpc) is 2.47. The minimum absolute atomic E-state index is 0.191. The number of benzene rings is 1. The van der Waals surface area contributed by atoms with E-state index in [-0.39, 0.29) is 17.1 Å². The molecule has 0 heterocycles. The molecule has 5 heteroatoms. The minimum atomic E-state index is -0.793. The van der Waals surface area contributed by atoms with E-state index in [4.69, 9.17) is 11.6 Å². The highest BCUT2D eigenvalue weighted by Crippen LogP contribution is 2.24. The van der Waals surface area contributed by atoms with Crippen LogP contribution in [0.1, 0.15) is 38.2 Å². The van der Waals surface area contributed by atoms with Crippen molar-refractivity contribution in [2.24, 2.45) is 0 Å². The predicted molar refractivity (Wildman–Crippen MR) is 83.0 cm³/mol. The molecule has 1 saturated carbocycles. The van der Waals surface area contributed by atoms with E-state index >= 15 is 0 Å². The summed E-state index contributed by atoms with van der Waals surface area (Å²) in [4.78, 5) is 0. The van der Waals surface area contributed by atoms with Gasteiger partial charge in [-0.05, 0) is 31.0 Å². The van der Waals surface area contributed by atoms with Crippen molar-refractivity contribution in [3.05, 3.63) is 34.6 Å². The van der Waals surface area contributed by atoms with Gasteiger partial charge in [-0.15, -0.1) is 0 Å². The van der Waals surface area contributed by atoms with Gasteiger partial charge in [0, 0.05) is 39.7 Å². The van der Waals surface area contributed by atoms with Crippen LogP contribution in [0.3, 0.4) is 0 Å². The summed E-state index contributed by atoms with van der Waals surface area (Å²) in [5, 5.41) is 4.11. The standard InChI is InChI=1S/C15H21ClFNOS/c1-2-20(19)15-6-4-3-5-14(15)18-10-11-9-12(16)7-8-13(11)17/h7-9,14-15,18H,2-6,10H2,1H3/t14-,15+,20+/m1/s1. The highest BCUT2D eigenvalue weighted by molar-refractivity contribution is 7.85. The lowest BCUT2D eigenvalue weighted by Crippen LogP contribution is -2.44. The van der Waals surface area contributed by atoms with Gasteiger partial charge >= 0.3 is 0 Å². The normalized spacial score (nSPS) is 24.6. The van der Waals surface area contributed by atoms with E-state index in [9.17, 15) is 8.60 Å². The quantitative estimate of drug-likeness (QED) is 0.898. The molecule has 20 heavy (non-hydrogen) atoms. The molecule has 1 N–H and O–H groups in total. The van der Waals surface area contributed by atoms with Gasteiger partial charge in [-0.3, -0.25) is 4.21 Å². The molecule has 2 rings (SSSR count). The maximum Gasteiger partial charge on any atom is 0.127 e. The van der Waals surface area contributed by atoms with Crippen molar-refractivity contribution in [1.82, 2.24) is 5.32 Å². The second-order valence-electron chi connectivity index (χ2n) is 5.22. The summed E-state index contributed by atoms with van der Waals surface area (Å²) in [6.07, 6.45) is 4.29. The highest BCUT2D eigenvalue weighted by Gasteiger charge is 2.28. The Kier molecular flexibility index (Phi) is 6.00. The van der Waals surface area contributed by atoms with Crippen LogP contribution in [0.5, 0.6) is 0 Å². The van der Waals surface area contributed by atoms with Crippen molar-refractivity contribution in [3.8, 4) is 0 Å². The second-order valence-corrected chi connectivity index (χ2v) is 7.60. The van der Waals surface area contributed by atoms with Gasteiger partial charge in [0.2, 0.25) is 0 Å². The first-order chi connectivity index (χ1) is 9.61. The SMILES string of the molecule is CC[S@](=O)[C@H]1CCCC[C@H]1NCc1cc(Cl)ccc1F. The van der Waals surface area contributed by atoms with Crippen molar-refractivity contribution >= 4 is 22.4 Å². The monoisotopic (exact) mass is 317 g/mol. The molecule has 0 spiro atoms. The summed E-state index contributed by atoms with van der Waals surface area (Å²) in [6.45, 7) is 2.40. The van der Waals surface area contributed by atoms with E-state index in [1.165, 1.54) is 6.07 Å². The zero-order valence-electron chi connectivity index (χ0n) is 11.7. The Labute approximate surface area is 127 Å². The Bertz CT molecular complexity index is 483. The molecule has 0 bridgehead atoms. The summed E-state index contributed by atoms with van der Waals surface area (Å²) < 4.78 is 25.8. The maximum atomic E-state index is 13.7. The van der Waals surface area contributed by atoms with Gasteiger partial charge in [-0.1, -0.05) is 31.4 Å². The van der Waals surface area contributed by atoms with Crippen molar-refractivity contribution in [2.75, 3.05) is 5.75 Å². The molecular weight excluding hydrogens is 297 g/mol. The lowest BCUT2D eigenvalue weighted by molar-refractivity contribution is 0.375. The first kappa shape index (κ1) is 15.9. The predicted octanol–water partition coefficient (Wildman–Crippen LogP) is 3.65. The lowest BCUT2D eigenvalue weighted by Gasteiger charge is -2.31. The number of hydrogen-bond acceptors (Lipinski definition) is 2. The molecule has 1 aliphatic rings.